The average Bonchev–Trinajstić information content (AvgIpc) is 2.97. The Bertz CT molecular complexity index is 745. The summed E-state index contributed by atoms with van der Waals surface area (Å²) in [6.45, 7) is 8.50. The number of carbonyl (C=O) groups excluding carboxylic acids is 1. The second kappa shape index (κ2) is 9.63. The van der Waals surface area contributed by atoms with Gasteiger partial charge in [0.2, 0.25) is 5.91 Å². The van der Waals surface area contributed by atoms with Crippen LogP contribution in [0.2, 0.25) is 5.02 Å². The van der Waals surface area contributed by atoms with E-state index in [4.69, 9.17) is 11.6 Å². The number of benzene rings is 1. The summed E-state index contributed by atoms with van der Waals surface area (Å²) in [5, 5.41) is 12.7. The molecule has 0 saturated heterocycles. The normalized spacial score (nSPS) is 10.7. The Kier molecular flexibility index (Phi) is 7.52. The van der Waals surface area contributed by atoms with Crippen LogP contribution in [0.3, 0.4) is 0 Å². The molecule has 1 N–H and O–H groups in total. The van der Waals surface area contributed by atoms with Crippen LogP contribution < -0.4 is 5.32 Å². The van der Waals surface area contributed by atoms with Crippen molar-refractivity contribution in [3.63, 3.8) is 0 Å². The van der Waals surface area contributed by atoms with Gasteiger partial charge in [-0.15, -0.1) is 16.8 Å². The molecule has 0 radical (unpaired) electrons. The molecule has 1 aromatic heterocycles. The summed E-state index contributed by atoms with van der Waals surface area (Å²) in [4.78, 5) is 12.2. The van der Waals surface area contributed by atoms with Gasteiger partial charge < -0.3 is 9.88 Å². The van der Waals surface area contributed by atoms with Crippen molar-refractivity contribution in [3.05, 3.63) is 47.3 Å². The van der Waals surface area contributed by atoms with Crippen LogP contribution in [-0.2, 0) is 17.8 Å². The van der Waals surface area contributed by atoms with Gasteiger partial charge >= 0.3 is 0 Å². The van der Waals surface area contributed by atoms with E-state index in [-0.39, 0.29) is 11.7 Å². The fraction of sp³-hybridized carbons (Fsp3) is 0.389. The number of amides is 1. The Balaban J connectivity index is 1.97. The number of halogens is 1. The van der Waals surface area contributed by atoms with Crippen molar-refractivity contribution in [1.29, 1.82) is 0 Å². The first kappa shape index (κ1) is 19.5. The van der Waals surface area contributed by atoms with Gasteiger partial charge in [-0.25, -0.2) is 0 Å². The molecular formula is C18H23ClN4OS. The zero-order chi connectivity index (χ0) is 18.2. The topological polar surface area (TPSA) is 59.8 Å². The third-order valence-corrected chi connectivity index (χ3v) is 5.02. The fourth-order valence-electron chi connectivity index (χ4n) is 2.26. The highest BCUT2D eigenvalue weighted by molar-refractivity contribution is 7.99. The Morgan fingerprint density at radius 2 is 2.24 bits per heavy atom. The van der Waals surface area contributed by atoms with Crippen molar-refractivity contribution in [1.82, 2.24) is 14.8 Å². The number of aromatic nitrogens is 3. The number of carbonyl (C=O) groups is 1. The molecule has 0 aliphatic heterocycles. The molecule has 0 spiro atoms. The second-order valence-corrected chi connectivity index (χ2v) is 7.05. The molecule has 0 atom stereocenters. The zero-order valence-electron chi connectivity index (χ0n) is 14.6. The van der Waals surface area contributed by atoms with Crippen molar-refractivity contribution in [2.45, 2.75) is 44.8 Å². The molecule has 25 heavy (non-hydrogen) atoms. The minimum atomic E-state index is -0.104. The van der Waals surface area contributed by atoms with Gasteiger partial charge in [-0.05, 0) is 31.0 Å². The van der Waals surface area contributed by atoms with E-state index in [1.54, 1.807) is 6.07 Å². The van der Waals surface area contributed by atoms with Crippen molar-refractivity contribution >= 4 is 35.0 Å². The maximum Gasteiger partial charge on any atom is 0.234 e. The number of aryl methyl sites for hydroxylation is 2. The molecule has 2 aromatic rings. The molecule has 0 aliphatic carbocycles. The number of nitrogens with zero attached hydrogens (tertiary/aromatic N) is 3. The lowest BCUT2D eigenvalue weighted by atomic mass is 10.2. The first-order valence-corrected chi connectivity index (χ1v) is 9.63. The molecule has 1 amide bonds. The zero-order valence-corrected chi connectivity index (χ0v) is 16.2. The first-order chi connectivity index (χ1) is 12.0. The number of nitrogens with one attached hydrogen (secondary N) is 1. The van der Waals surface area contributed by atoms with Crippen LogP contribution in [0.25, 0.3) is 0 Å². The summed E-state index contributed by atoms with van der Waals surface area (Å²) in [5.41, 5.74) is 1.67. The first-order valence-electron chi connectivity index (χ1n) is 8.27. The largest absolute Gasteiger partial charge is 0.325 e. The van der Waals surface area contributed by atoms with Crippen molar-refractivity contribution in [2.75, 3.05) is 11.1 Å². The van der Waals surface area contributed by atoms with Crippen LogP contribution in [0.1, 0.15) is 31.2 Å². The quantitative estimate of drug-likeness (QED) is 0.515. The van der Waals surface area contributed by atoms with Gasteiger partial charge in [-0.1, -0.05) is 48.8 Å². The summed E-state index contributed by atoms with van der Waals surface area (Å²) in [7, 11) is 0. The third-order valence-electron chi connectivity index (χ3n) is 3.65. The van der Waals surface area contributed by atoms with Crippen molar-refractivity contribution < 1.29 is 4.79 Å². The molecule has 7 heteroatoms. The number of thioether (sulfide) groups is 1. The van der Waals surface area contributed by atoms with Crippen LogP contribution in [0.15, 0.2) is 36.0 Å². The molecule has 0 bridgehead atoms. The fourth-order valence-corrected chi connectivity index (χ4v) is 3.20. The SMILES string of the molecule is C=CCn1c(CCCC)nnc1SCC(=O)Nc1ccc(C)c(Cl)c1. The van der Waals surface area contributed by atoms with E-state index in [0.29, 0.717) is 17.3 Å². The second-order valence-electron chi connectivity index (χ2n) is 5.70. The standard InChI is InChI=1S/C18H23ClN4OS/c1-4-6-7-16-21-22-18(23(16)10-5-2)25-12-17(24)20-14-9-8-13(3)15(19)11-14/h5,8-9,11H,2,4,6-7,10,12H2,1,3H3,(H,20,24). The lowest BCUT2D eigenvalue weighted by Crippen LogP contribution is -2.15. The molecule has 2 rings (SSSR count). The lowest BCUT2D eigenvalue weighted by molar-refractivity contribution is -0.113. The Hall–Kier alpha value is -1.79. The molecule has 1 heterocycles. The minimum absolute atomic E-state index is 0.104. The monoisotopic (exact) mass is 378 g/mol. The Morgan fingerprint density at radius 3 is 2.92 bits per heavy atom. The Morgan fingerprint density at radius 1 is 1.44 bits per heavy atom. The number of allylic oxidation sites excluding steroid dienone is 1. The number of anilines is 1. The molecule has 1 aromatic carbocycles. The number of hydrogen-bond acceptors (Lipinski definition) is 4. The molecule has 0 unspecified atom stereocenters. The van der Waals surface area contributed by atoms with Gasteiger partial charge in [0, 0.05) is 23.7 Å². The highest BCUT2D eigenvalue weighted by Gasteiger charge is 2.13. The summed E-state index contributed by atoms with van der Waals surface area (Å²) in [6, 6.07) is 5.47. The summed E-state index contributed by atoms with van der Waals surface area (Å²) in [5.74, 6) is 1.09. The van der Waals surface area contributed by atoms with Gasteiger partial charge in [0.1, 0.15) is 5.82 Å². The van der Waals surface area contributed by atoms with Gasteiger partial charge in [0.15, 0.2) is 5.16 Å². The predicted molar refractivity (Wildman–Crippen MR) is 104 cm³/mol. The smallest absolute Gasteiger partial charge is 0.234 e. The van der Waals surface area contributed by atoms with E-state index in [0.717, 1.165) is 35.8 Å². The maximum atomic E-state index is 12.2. The van der Waals surface area contributed by atoms with Crippen LogP contribution in [0.4, 0.5) is 5.69 Å². The number of hydrogen-bond donors (Lipinski definition) is 1. The van der Waals surface area contributed by atoms with Crippen LogP contribution in [0, 0.1) is 6.92 Å². The summed E-state index contributed by atoms with van der Waals surface area (Å²) in [6.07, 6.45) is 4.86. The molecule has 0 aliphatic rings. The van der Waals surface area contributed by atoms with Gasteiger partial charge in [-0.3, -0.25) is 4.79 Å². The number of rotatable bonds is 9. The van der Waals surface area contributed by atoms with E-state index >= 15 is 0 Å². The lowest BCUT2D eigenvalue weighted by Gasteiger charge is -2.08. The average molecular weight is 379 g/mol. The molecular weight excluding hydrogens is 356 g/mol. The molecule has 5 nitrogen and oxygen atoms in total. The molecule has 0 saturated carbocycles. The summed E-state index contributed by atoms with van der Waals surface area (Å²) < 4.78 is 2.02. The van der Waals surface area contributed by atoms with E-state index in [1.165, 1.54) is 11.8 Å². The van der Waals surface area contributed by atoms with E-state index in [9.17, 15) is 4.79 Å². The van der Waals surface area contributed by atoms with Gasteiger partial charge in [0.25, 0.3) is 0 Å². The van der Waals surface area contributed by atoms with E-state index < -0.39 is 0 Å². The third kappa shape index (κ3) is 5.61. The minimum Gasteiger partial charge on any atom is -0.325 e. The molecule has 134 valence electrons. The predicted octanol–water partition coefficient (Wildman–Crippen LogP) is 4.50. The molecule has 0 fully saturated rings. The van der Waals surface area contributed by atoms with Crippen LogP contribution in [0.5, 0.6) is 0 Å². The Labute approximate surface area is 157 Å². The maximum absolute atomic E-state index is 12.2. The van der Waals surface area contributed by atoms with E-state index in [2.05, 4.69) is 29.0 Å². The van der Waals surface area contributed by atoms with E-state index in [1.807, 2.05) is 29.7 Å². The van der Waals surface area contributed by atoms with Crippen molar-refractivity contribution in [2.24, 2.45) is 0 Å². The van der Waals surface area contributed by atoms with Crippen LogP contribution >= 0.6 is 23.4 Å². The van der Waals surface area contributed by atoms with Gasteiger partial charge in [-0.2, -0.15) is 0 Å². The van der Waals surface area contributed by atoms with Crippen molar-refractivity contribution in [3.8, 4) is 0 Å². The highest BCUT2D eigenvalue weighted by atomic mass is 35.5. The summed E-state index contributed by atoms with van der Waals surface area (Å²) >= 11 is 7.46. The van der Waals surface area contributed by atoms with Gasteiger partial charge in [0.05, 0.1) is 5.75 Å². The van der Waals surface area contributed by atoms with Crippen LogP contribution in [-0.4, -0.2) is 26.4 Å². The highest BCUT2D eigenvalue weighted by Crippen LogP contribution is 2.21. The number of unbranched alkanes of at least 4 members (excludes halogenated alkanes) is 1.